The van der Waals surface area contributed by atoms with Crippen molar-refractivity contribution in [1.29, 1.82) is 0 Å². The first kappa shape index (κ1) is 12.9. The van der Waals surface area contributed by atoms with E-state index < -0.39 is 0 Å². The number of nitrogens with two attached hydrogens (primary N) is 1. The summed E-state index contributed by atoms with van der Waals surface area (Å²) in [5.41, 5.74) is 6.02. The van der Waals surface area contributed by atoms with Crippen LogP contribution in [0.15, 0.2) is 0 Å². The van der Waals surface area contributed by atoms with Crippen LogP contribution in [0.1, 0.15) is 51.9 Å². The summed E-state index contributed by atoms with van der Waals surface area (Å²) in [5.74, 6) is 1.23. The first-order chi connectivity index (χ1) is 8.16. The van der Waals surface area contributed by atoms with E-state index in [9.17, 15) is 4.79 Å². The minimum atomic E-state index is 0.188. The third-order valence-corrected chi connectivity index (χ3v) is 4.21. The maximum Gasteiger partial charge on any atom is 0.225 e. The zero-order valence-corrected chi connectivity index (χ0v) is 11.0. The molecule has 1 aliphatic heterocycles. The fraction of sp³-hybridized carbons (Fsp3) is 0.929. The molecule has 1 aliphatic carbocycles. The van der Waals surface area contributed by atoms with Gasteiger partial charge in [0.05, 0.1) is 0 Å². The average molecular weight is 238 g/mol. The van der Waals surface area contributed by atoms with Crippen molar-refractivity contribution in [2.45, 2.75) is 57.9 Å². The maximum atomic E-state index is 12.5. The lowest BCUT2D eigenvalue weighted by molar-refractivity contribution is -0.138. The van der Waals surface area contributed by atoms with Gasteiger partial charge in [-0.25, -0.2) is 0 Å². The lowest BCUT2D eigenvalue weighted by atomic mass is 9.93. The molecule has 98 valence electrons. The van der Waals surface area contributed by atoms with Gasteiger partial charge in [-0.05, 0) is 25.2 Å². The second-order valence-electron chi connectivity index (χ2n) is 6.03. The SMILES string of the molecule is CC1CC(N)CN(C(=O)C2CCCCCC2)C1. The first-order valence-electron chi connectivity index (χ1n) is 7.21. The second kappa shape index (κ2) is 5.85. The number of carbonyl (C=O) groups excluding carboxylic acids is 1. The van der Waals surface area contributed by atoms with Crippen molar-refractivity contribution in [3.63, 3.8) is 0 Å². The van der Waals surface area contributed by atoms with Gasteiger partial charge in [0.1, 0.15) is 0 Å². The van der Waals surface area contributed by atoms with E-state index in [2.05, 4.69) is 6.92 Å². The van der Waals surface area contributed by atoms with Gasteiger partial charge in [-0.1, -0.05) is 32.6 Å². The molecule has 1 heterocycles. The van der Waals surface area contributed by atoms with Gasteiger partial charge in [0.2, 0.25) is 5.91 Å². The Morgan fingerprint density at radius 3 is 2.35 bits per heavy atom. The van der Waals surface area contributed by atoms with Crippen LogP contribution in [-0.4, -0.2) is 29.9 Å². The predicted molar refractivity (Wildman–Crippen MR) is 69.5 cm³/mol. The minimum absolute atomic E-state index is 0.188. The van der Waals surface area contributed by atoms with Crippen LogP contribution < -0.4 is 5.73 Å². The van der Waals surface area contributed by atoms with E-state index in [4.69, 9.17) is 5.73 Å². The van der Waals surface area contributed by atoms with Crippen LogP contribution in [0.3, 0.4) is 0 Å². The van der Waals surface area contributed by atoms with E-state index >= 15 is 0 Å². The van der Waals surface area contributed by atoms with E-state index in [-0.39, 0.29) is 12.0 Å². The molecule has 1 amide bonds. The minimum Gasteiger partial charge on any atom is -0.341 e. The van der Waals surface area contributed by atoms with E-state index in [0.717, 1.165) is 32.4 Å². The molecule has 0 aromatic heterocycles. The molecule has 0 aromatic rings. The molecule has 2 rings (SSSR count). The lowest BCUT2D eigenvalue weighted by Gasteiger charge is -2.36. The van der Waals surface area contributed by atoms with Gasteiger partial charge < -0.3 is 10.6 Å². The van der Waals surface area contributed by atoms with Crippen molar-refractivity contribution in [3.8, 4) is 0 Å². The monoisotopic (exact) mass is 238 g/mol. The Balaban J connectivity index is 1.93. The quantitative estimate of drug-likeness (QED) is 0.712. The van der Waals surface area contributed by atoms with Gasteiger partial charge >= 0.3 is 0 Å². The van der Waals surface area contributed by atoms with Crippen molar-refractivity contribution in [3.05, 3.63) is 0 Å². The van der Waals surface area contributed by atoms with Crippen LogP contribution in [-0.2, 0) is 4.79 Å². The molecule has 2 fully saturated rings. The van der Waals surface area contributed by atoms with Crippen molar-refractivity contribution >= 4 is 5.91 Å². The van der Waals surface area contributed by atoms with E-state index in [1.807, 2.05) is 4.90 Å². The number of piperidine rings is 1. The summed E-state index contributed by atoms with van der Waals surface area (Å²) in [6, 6.07) is 0.188. The highest BCUT2D eigenvalue weighted by molar-refractivity contribution is 5.79. The van der Waals surface area contributed by atoms with Crippen LogP contribution >= 0.6 is 0 Å². The van der Waals surface area contributed by atoms with Gasteiger partial charge in [-0.3, -0.25) is 4.79 Å². The number of hydrogen-bond donors (Lipinski definition) is 1. The topological polar surface area (TPSA) is 46.3 Å². The predicted octanol–water partition coefficient (Wildman–Crippen LogP) is 2.15. The molecule has 3 nitrogen and oxygen atoms in total. The smallest absolute Gasteiger partial charge is 0.225 e. The largest absolute Gasteiger partial charge is 0.341 e. The first-order valence-corrected chi connectivity index (χ1v) is 7.21. The Morgan fingerprint density at radius 1 is 1.12 bits per heavy atom. The van der Waals surface area contributed by atoms with Gasteiger partial charge in [-0.2, -0.15) is 0 Å². The summed E-state index contributed by atoms with van der Waals surface area (Å²) in [7, 11) is 0. The van der Waals surface area contributed by atoms with Crippen molar-refractivity contribution in [2.24, 2.45) is 17.6 Å². The Kier molecular flexibility index (Phi) is 4.43. The molecule has 0 radical (unpaired) electrons. The average Bonchev–Trinajstić information content (AvgIpc) is 2.55. The highest BCUT2D eigenvalue weighted by Crippen LogP contribution is 2.26. The summed E-state index contributed by atoms with van der Waals surface area (Å²) < 4.78 is 0. The standard InChI is InChI=1S/C14H26N2O/c1-11-8-13(15)10-16(9-11)14(17)12-6-4-2-3-5-7-12/h11-13H,2-10,15H2,1H3. The summed E-state index contributed by atoms with van der Waals surface area (Å²) in [6.45, 7) is 3.90. The van der Waals surface area contributed by atoms with Gasteiger partial charge in [0, 0.05) is 25.0 Å². The number of hydrogen-bond acceptors (Lipinski definition) is 2. The molecule has 2 atom stereocenters. The summed E-state index contributed by atoms with van der Waals surface area (Å²) in [5, 5.41) is 0. The van der Waals surface area contributed by atoms with Crippen molar-refractivity contribution < 1.29 is 4.79 Å². The molecule has 0 bridgehead atoms. The van der Waals surface area contributed by atoms with Gasteiger partial charge in [-0.15, -0.1) is 0 Å². The molecule has 0 spiro atoms. The number of likely N-dealkylation sites (tertiary alicyclic amines) is 1. The fourth-order valence-corrected chi connectivity index (χ4v) is 3.36. The second-order valence-corrected chi connectivity index (χ2v) is 6.03. The molecule has 0 aromatic carbocycles. The molecular formula is C14H26N2O. The lowest BCUT2D eigenvalue weighted by Crippen LogP contribution is -2.50. The molecular weight excluding hydrogens is 212 g/mol. The Morgan fingerprint density at radius 2 is 1.76 bits per heavy atom. The van der Waals surface area contributed by atoms with Crippen LogP contribution in [0.2, 0.25) is 0 Å². The third kappa shape index (κ3) is 3.44. The maximum absolute atomic E-state index is 12.5. The molecule has 2 unspecified atom stereocenters. The molecule has 2 aliphatic rings. The number of amides is 1. The molecule has 1 saturated carbocycles. The zero-order chi connectivity index (χ0) is 12.3. The van der Waals surface area contributed by atoms with E-state index in [1.165, 1.54) is 25.7 Å². The van der Waals surface area contributed by atoms with Crippen molar-refractivity contribution in [2.75, 3.05) is 13.1 Å². The summed E-state index contributed by atoms with van der Waals surface area (Å²) in [6.07, 6.45) is 8.32. The summed E-state index contributed by atoms with van der Waals surface area (Å²) in [4.78, 5) is 14.5. The molecule has 1 saturated heterocycles. The third-order valence-electron chi connectivity index (χ3n) is 4.21. The normalized spacial score (nSPS) is 32.2. The zero-order valence-electron chi connectivity index (χ0n) is 11.0. The Bertz CT molecular complexity index is 249. The van der Waals surface area contributed by atoms with Crippen LogP contribution in [0, 0.1) is 11.8 Å². The van der Waals surface area contributed by atoms with Crippen molar-refractivity contribution in [1.82, 2.24) is 4.90 Å². The van der Waals surface area contributed by atoms with Gasteiger partial charge in [0.15, 0.2) is 0 Å². The Hall–Kier alpha value is -0.570. The number of nitrogens with zero attached hydrogens (tertiary/aromatic N) is 1. The highest BCUT2D eigenvalue weighted by atomic mass is 16.2. The van der Waals surface area contributed by atoms with E-state index in [0.29, 0.717) is 11.8 Å². The Labute approximate surface area is 105 Å². The van der Waals surface area contributed by atoms with Crippen LogP contribution in [0.5, 0.6) is 0 Å². The molecule has 2 N–H and O–H groups in total. The fourth-order valence-electron chi connectivity index (χ4n) is 3.36. The van der Waals surface area contributed by atoms with Crippen LogP contribution in [0.25, 0.3) is 0 Å². The molecule has 3 heteroatoms. The van der Waals surface area contributed by atoms with E-state index in [1.54, 1.807) is 0 Å². The van der Waals surface area contributed by atoms with Gasteiger partial charge in [0.25, 0.3) is 0 Å². The highest BCUT2D eigenvalue weighted by Gasteiger charge is 2.30. The van der Waals surface area contributed by atoms with Crippen LogP contribution in [0.4, 0.5) is 0 Å². The number of rotatable bonds is 1. The molecule has 17 heavy (non-hydrogen) atoms. The number of carbonyl (C=O) groups is 1. The summed E-state index contributed by atoms with van der Waals surface area (Å²) >= 11 is 0.